The minimum atomic E-state index is 0.725. The Labute approximate surface area is 206 Å². The quantitative estimate of drug-likeness (QED) is 0.261. The van der Waals surface area contributed by atoms with E-state index >= 15 is 0 Å². The van der Waals surface area contributed by atoms with Gasteiger partial charge < -0.3 is 9.30 Å². The molecule has 0 saturated heterocycles. The first-order valence-electron chi connectivity index (χ1n) is 10.9. The minimum Gasteiger partial charge on any atom is -0.497 e. The van der Waals surface area contributed by atoms with Gasteiger partial charge in [-0.15, -0.1) is 21.5 Å². The smallest absolute Gasteiger partial charge is 0.191 e. The van der Waals surface area contributed by atoms with Crippen molar-refractivity contribution in [3.05, 3.63) is 83.6 Å². The predicted molar refractivity (Wildman–Crippen MR) is 136 cm³/mol. The van der Waals surface area contributed by atoms with Gasteiger partial charge in [-0.3, -0.25) is 4.68 Å². The van der Waals surface area contributed by atoms with Crippen molar-refractivity contribution in [3.63, 3.8) is 0 Å². The van der Waals surface area contributed by atoms with Crippen LogP contribution in [0.1, 0.15) is 11.3 Å². The zero-order valence-corrected chi connectivity index (χ0v) is 20.6. The summed E-state index contributed by atoms with van der Waals surface area (Å²) in [6.07, 6.45) is 4.73. The molecule has 0 N–H and O–H groups in total. The molecule has 0 bridgehead atoms. The summed E-state index contributed by atoms with van der Waals surface area (Å²) < 4.78 is 9.31. The maximum atomic E-state index is 5.31. The maximum Gasteiger partial charge on any atom is 0.191 e. The SMILES string of the molecule is COc1ccc(-c2nnc(SCc3csc(-c4cnn(C)c4)n3)n2CCc2ccccc2)cc1. The standard InChI is InChI=1S/C25H24N6OS2/c1-30-15-20(14-26-30)24-27-21(16-33-24)17-34-25-29-28-23(19-8-10-22(32-2)11-9-19)31(25)13-12-18-6-4-3-5-7-18/h3-11,14-16H,12-13,17H2,1-2H3. The van der Waals surface area contributed by atoms with E-state index in [-0.39, 0.29) is 0 Å². The second-order valence-electron chi connectivity index (χ2n) is 7.76. The molecule has 9 heteroatoms. The Morgan fingerprint density at radius 3 is 2.56 bits per heavy atom. The van der Waals surface area contributed by atoms with Gasteiger partial charge in [0.1, 0.15) is 10.8 Å². The number of hydrogen-bond acceptors (Lipinski definition) is 7. The first-order valence-corrected chi connectivity index (χ1v) is 12.7. The lowest BCUT2D eigenvalue weighted by atomic mass is 10.1. The van der Waals surface area contributed by atoms with E-state index in [2.05, 4.69) is 49.5 Å². The van der Waals surface area contributed by atoms with Crippen molar-refractivity contribution in [3.8, 4) is 27.7 Å². The van der Waals surface area contributed by atoms with Gasteiger partial charge in [0.05, 0.1) is 19.0 Å². The highest BCUT2D eigenvalue weighted by molar-refractivity contribution is 7.98. The first-order chi connectivity index (χ1) is 16.7. The molecule has 0 radical (unpaired) electrons. The van der Waals surface area contributed by atoms with Crippen LogP contribution in [0.5, 0.6) is 5.75 Å². The monoisotopic (exact) mass is 488 g/mol. The number of hydrogen-bond donors (Lipinski definition) is 0. The molecular formula is C25H24N6OS2. The summed E-state index contributed by atoms with van der Waals surface area (Å²) in [5.74, 6) is 2.40. The number of aromatic nitrogens is 6. The highest BCUT2D eigenvalue weighted by atomic mass is 32.2. The molecule has 7 nitrogen and oxygen atoms in total. The van der Waals surface area contributed by atoms with Crippen molar-refractivity contribution in [2.75, 3.05) is 7.11 Å². The molecule has 0 saturated carbocycles. The second-order valence-corrected chi connectivity index (χ2v) is 9.56. The first kappa shape index (κ1) is 22.4. The molecule has 0 fully saturated rings. The van der Waals surface area contributed by atoms with Gasteiger partial charge in [0.2, 0.25) is 0 Å². The molecule has 5 rings (SSSR count). The number of thiazole rings is 1. The molecule has 172 valence electrons. The third kappa shape index (κ3) is 5.05. The molecule has 2 aromatic carbocycles. The highest BCUT2D eigenvalue weighted by Gasteiger charge is 2.16. The van der Waals surface area contributed by atoms with Crippen LogP contribution in [-0.4, -0.2) is 36.6 Å². The van der Waals surface area contributed by atoms with Crippen LogP contribution in [0.25, 0.3) is 22.0 Å². The van der Waals surface area contributed by atoms with Crippen molar-refractivity contribution in [1.29, 1.82) is 0 Å². The summed E-state index contributed by atoms with van der Waals surface area (Å²) in [5, 5.41) is 17.3. The van der Waals surface area contributed by atoms with Gasteiger partial charge in [0.15, 0.2) is 11.0 Å². The molecular weight excluding hydrogens is 464 g/mol. The van der Waals surface area contributed by atoms with E-state index in [0.717, 1.165) is 57.3 Å². The Bertz CT molecular complexity index is 1360. The topological polar surface area (TPSA) is 70.7 Å². The fraction of sp³-hybridized carbons (Fsp3) is 0.200. The van der Waals surface area contributed by atoms with Gasteiger partial charge in [-0.05, 0) is 36.2 Å². The number of thioether (sulfide) groups is 1. The van der Waals surface area contributed by atoms with Crippen LogP contribution in [0.2, 0.25) is 0 Å². The van der Waals surface area contributed by atoms with Gasteiger partial charge in [-0.1, -0.05) is 42.1 Å². The molecule has 0 aliphatic rings. The summed E-state index contributed by atoms with van der Waals surface area (Å²) in [7, 11) is 3.58. The predicted octanol–water partition coefficient (Wildman–Crippen LogP) is 5.35. The lowest BCUT2D eigenvalue weighted by Gasteiger charge is -2.11. The van der Waals surface area contributed by atoms with Crippen LogP contribution >= 0.6 is 23.1 Å². The van der Waals surface area contributed by atoms with Gasteiger partial charge in [0.25, 0.3) is 0 Å². The summed E-state index contributed by atoms with van der Waals surface area (Å²) in [5.41, 5.74) is 4.36. The number of benzene rings is 2. The number of nitrogens with zero attached hydrogens (tertiary/aromatic N) is 6. The number of aryl methyl sites for hydroxylation is 2. The molecule has 0 aliphatic heterocycles. The molecule has 34 heavy (non-hydrogen) atoms. The number of ether oxygens (including phenoxy) is 1. The molecule has 3 heterocycles. The summed E-state index contributed by atoms with van der Waals surface area (Å²) >= 11 is 3.30. The van der Waals surface area contributed by atoms with Gasteiger partial charge >= 0.3 is 0 Å². The van der Waals surface area contributed by atoms with Crippen molar-refractivity contribution in [1.82, 2.24) is 29.5 Å². The molecule has 0 amide bonds. The Kier molecular flexibility index (Phi) is 6.73. The average Bonchev–Trinajstić information content (AvgIpc) is 3.62. The fourth-order valence-corrected chi connectivity index (χ4v) is 5.37. The van der Waals surface area contributed by atoms with E-state index in [1.165, 1.54) is 5.56 Å². The Balaban J connectivity index is 1.37. The summed E-state index contributed by atoms with van der Waals surface area (Å²) in [4.78, 5) is 4.79. The number of methoxy groups -OCH3 is 1. The highest BCUT2D eigenvalue weighted by Crippen LogP contribution is 2.30. The van der Waals surface area contributed by atoms with Crippen molar-refractivity contribution >= 4 is 23.1 Å². The summed E-state index contributed by atoms with van der Waals surface area (Å²) in [6, 6.07) is 18.4. The van der Waals surface area contributed by atoms with E-state index < -0.39 is 0 Å². The Morgan fingerprint density at radius 2 is 1.82 bits per heavy atom. The van der Waals surface area contributed by atoms with E-state index in [4.69, 9.17) is 9.72 Å². The Hall–Kier alpha value is -3.43. The average molecular weight is 489 g/mol. The van der Waals surface area contributed by atoms with Crippen LogP contribution < -0.4 is 4.74 Å². The molecule has 0 aliphatic carbocycles. The summed E-state index contributed by atoms with van der Waals surface area (Å²) in [6.45, 7) is 0.790. The van der Waals surface area contributed by atoms with E-state index in [9.17, 15) is 0 Å². The van der Waals surface area contributed by atoms with Gasteiger partial charge in [-0.2, -0.15) is 5.10 Å². The fourth-order valence-electron chi connectivity index (χ4n) is 3.61. The maximum absolute atomic E-state index is 5.31. The van der Waals surface area contributed by atoms with Crippen molar-refractivity contribution < 1.29 is 4.74 Å². The van der Waals surface area contributed by atoms with Crippen LogP contribution in [0.4, 0.5) is 0 Å². The number of rotatable bonds is 9. The van der Waals surface area contributed by atoms with E-state index in [1.54, 1.807) is 34.9 Å². The van der Waals surface area contributed by atoms with Crippen molar-refractivity contribution in [2.45, 2.75) is 23.9 Å². The molecule has 0 unspecified atom stereocenters. The molecule has 0 atom stereocenters. The van der Waals surface area contributed by atoms with E-state index in [1.807, 2.05) is 49.8 Å². The van der Waals surface area contributed by atoms with Gasteiger partial charge in [-0.25, -0.2) is 4.98 Å². The lowest BCUT2D eigenvalue weighted by Crippen LogP contribution is -2.05. The Morgan fingerprint density at radius 1 is 1.00 bits per heavy atom. The van der Waals surface area contributed by atoms with Crippen LogP contribution in [0.15, 0.2) is 77.5 Å². The van der Waals surface area contributed by atoms with E-state index in [0.29, 0.717) is 0 Å². The molecule has 3 aromatic heterocycles. The van der Waals surface area contributed by atoms with Crippen LogP contribution in [0.3, 0.4) is 0 Å². The molecule has 0 spiro atoms. The van der Waals surface area contributed by atoms with Crippen LogP contribution in [0, 0.1) is 0 Å². The molecule has 5 aromatic rings. The largest absolute Gasteiger partial charge is 0.497 e. The second kappa shape index (κ2) is 10.2. The normalized spacial score (nSPS) is 11.1. The third-order valence-electron chi connectivity index (χ3n) is 5.38. The van der Waals surface area contributed by atoms with Gasteiger partial charge in [0, 0.05) is 42.0 Å². The third-order valence-corrected chi connectivity index (χ3v) is 7.33. The zero-order valence-electron chi connectivity index (χ0n) is 19.0. The van der Waals surface area contributed by atoms with Crippen LogP contribution in [-0.2, 0) is 25.8 Å². The minimum absolute atomic E-state index is 0.725. The lowest BCUT2D eigenvalue weighted by molar-refractivity contribution is 0.415. The zero-order chi connectivity index (χ0) is 23.3. The van der Waals surface area contributed by atoms with Crippen molar-refractivity contribution in [2.24, 2.45) is 7.05 Å².